The highest BCUT2D eigenvalue weighted by atomic mass is 16.1. The molecule has 0 saturated carbocycles. The lowest BCUT2D eigenvalue weighted by atomic mass is 10.1. The fraction of sp³-hybridized carbons (Fsp3) is 0. The van der Waals surface area contributed by atoms with Gasteiger partial charge in [0.1, 0.15) is 5.69 Å². The van der Waals surface area contributed by atoms with Crippen molar-refractivity contribution in [3.05, 3.63) is 96.7 Å². The molecule has 0 amide bonds. The summed E-state index contributed by atoms with van der Waals surface area (Å²) in [6.45, 7) is 0. The lowest BCUT2D eigenvalue weighted by Crippen LogP contribution is -1.99. The normalized spacial score (nSPS) is 10.6. The summed E-state index contributed by atoms with van der Waals surface area (Å²) >= 11 is 0. The molecule has 25 heavy (non-hydrogen) atoms. The van der Waals surface area contributed by atoms with Gasteiger partial charge in [-0.3, -0.25) is 4.79 Å². The van der Waals surface area contributed by atoms with Crippen molar-refractivity contribution in [1.82, 2.24) is 9.78 Å². The van der Waals surface area contributed by atoms with Gasteiger partial charge in [0.05, 0.1) is 11.4 Å². The van der Waals surface area contributed by atoms with Crippen LogP contribution in [0.1, 0.15) is 10.5 Å². The fourth-order valence-electron chi connectivity index (χ4n) is 2.89. The molecule has 4 aromatic rings. The summed E-state index contributed by atoms with van der Waals surface area (Å²) in [5.74, 6) is 0. The summed E-state index contributed by atoms with van der Waals surface area (Å²) in [6.07, 6.45) is 0.779. The number of nitrogens with zero attached hydrogens (tertiary/aromatic N) is 2. The number of aromatic nitrogens is 2. The topological polar surface area (TPSA) is 34.9 Å². The highest BCUT2D eigenvalue weighted by Gasteiger charge is 2.11. The quantitative estimate of drug-likeness (QED) is 0.494. The maximum atomic E-state index is 11.2. The van der Waals surface area contributed by atoms with Crippen molar-refractivity contribution in [3.63, 3.8) is 0 Å². The second-order valence-corrected chi connectivity index (χ2v) is 5.76. The van der Waals surface area contributed by atoms with Crippen molar-refractivity contribution >= 4 is 6.29 Å². The van der Waals surface area contributed by atoms with Crippen LogP contribution in [-0.2, 0) is 0 Å². The van der Waals surface area contributed by atoms with Gasteiger partial charge in [-0.15, -0.1) is 0 Å². The molecule has 0 unspecified atom stereocenters. The monoisotopic (exact) mass is 324 g/mol. The average Bonchev–Trinajstić information content (AvgIpc) is 3.14. The third kappa shape index (κ3) is 3.00. The molecule has 0 atom stereocenters. The molecule has 120 valence electrons. The minimum Gasteiger partial charge on any atom is -0.296 e. The van der Waals surface area contributed by atoms with Crippen molar-refractivity contribution in [2.45, 2.75) is 0 Å². The van der Waals surface area contributed by atoms with Crippen molar-refractivity contribution in [2.24, 2.45) is 0 Å². The largest absolute Gasteiger partial charge is 0.296 e. The third-order valence-corrected chi connectivity index (χ3v) is 4.14. The van der Waals surface area contributed by atoms with E-state index in [0.717, 1.165) is 28.8 Å². The lowest BCUT2D eigenvalue weighted by molar-refractivity contribution is 0.111. The smallest absolute Gasteiger partial charge is 0.170 e. The van der Waals surface area contributed by atoms with Crippen LogP contribution in [0.25, 0.3) is 28.1 Å². The van der Waals surface area contributed by atoms with E-state index in [-0.39, 0.29) is 0 Å². The summed E-state index contributed by atoms with van der Waals surface area (Å²) in [6, 6.07) is 30.2. The first-order valence-corrected chi connectivity index (χ1v) is 8.12. The number of hydrogen-bond donors (Lipinski definition) is 0. The molecule has 0 aliphatic heterocycles. The molecule has 1 heterocycles. The Labute approximate surface area is 146 Å². The Morgan fingerprint density at radius 2 is 1.24 bits per heavy atom. The first kappa shape index (κ1) is 15.1. The van der Waals surface area contributed by atoms with Gasteiger partial charge in [0.15, 0.2) is 6.29 Å². The third-order valence-electron chi connectivity index (χ3n) is 4.14. The number of aldehydes is 1. The standard InChI is InChI=1S/C22H16N2O/c25-16-20-15-22(19-9-5-2-6-10-19)24(23-20)21-13-11-18(12-14-21)17-7-3-1-4-8-17/h1-16H. The van der Waals surface area contributed by atoms with E-state index in [1.165, 1.54) is 5.56 Å². The predicted molar refractivity (Wildman–Crippen MR) is 99.8 cm³/mol. The SMILES string of the molecule is O=Cc1cc(-c2ccccc2)n(-c2ccc(-c3ccccc3)cc2)n1. The Kier molecular flexibility index (Phi) is 3.97. The second-order valence-electron chi connectivity index (χ2n) is 5.76. The summed E-state index contributed by atoms with van der Waals surface area (Å²) in [5.41, 5.74) is 5.59. The summed E-state index contributed by atoms with van der Waals surface area (Å²) < 4.78 is 1.81. The van der Waals surface area contributed by atoms with Gasteiger partial charge in [-0.2, -0.15) is 5.10 Å². The van der Waals surface area contributed by atoms with Gasteiger partial charge < -0.3 is 0 Å². The molecule has 0 spiro atoms. The van der Waals surface area contributed by atoms with Crippen molar-refractivity contribution in [1.29, 1.82) is 0 Å². The first-order chi connectivity index (χ1) is 12.3. The molecule has 4 rings (SSSR count). The molecular formula is C22H16N2O. The van der Waals surface area contributed by atoms with Gasteiger partial charge in [0.2, 0.25) is 0 Å². The molecule has 0 N–H and O–H groups in total. The van der Waals surface area contributed by atoms with Crippen molar-refractivity contribution < 1.29 is 4.79 Å². The number of benzene rings is 3. The molecule has 0 aliphatic carbocycles. The van der Waals surface area contributed by atoms with E-state index in [1.54, 1.807) is 0 Å². The van der Waals surface area contributed by atoms with Gasteiger partial charge in [0.25, 0.3) is 0 Å². The van der Waals surface area contributed by atoms with Gasteiger partial charge in [-0.1, -0.05) is 72.8 Å². The number of rotatable bonds is 4. The zero-order chi connectivity index (χ0) is 17.1. The molecule has 0 bridgehead atoms. The van der Waals surface area contributed by atoms with Crippen LogP contribution in [0.15, 0.2) is 91.0 Å². The van der Waals surface area contributed by atoms with E-state index < -0.39 is 0 Å². The average molecular weight is 324 g/mol. The van der Waals surface area contributed by atoms with Crippen molar-refractivity contribution in [3.8, 4) is 28.1 Å². The zero-order valence-electron chi connectivity index (χ0n) is 13.5. The van der Waals surface area contributed by atoms with Crippen LogP contribution < -0.4 is 0 Å². The molecular weight excluding hydrogens is 308 g/mol. The van der Waals surface area contributed by atoms with Crippen LogP contribution in [0, 0.1) is 0 Å². The van der Waals surface area contributed by atoms with E-state index in [9.17, 15) is 4.79 Å². The predicted octanol–water partition coefficient (Wildman–Crippen LogP) is 5.02. The number of carbonyl (C=O) groups is 1. The molecule has 0 radical (unpaired) electrons. The minimum atomic E-state index is 0.422. The maximum Gasteiger partial charge on any atom is 0.170 e. The molecule has 3 nitrogen and oxygen atoms in total. The number of hydrogen-bond acceptors (Lipinski definition) is 2. The van der Waals surface area contributed by atoms with Gasteiger partial charge in [-0.25, -0.2) is 4.68 Å². The molecule has 0 aliphatic rings. The van der Waals surface area contributed by atoms with Gasteiger partial charge in [-0.05, 0) is 29.3 Å². The highest BCUT2D eigenvalue weighted by molar-refractivity contribution is 5.76. The number of carbonyl (C=O) groups excluding carboxylic acids is 1. The Balaban J connectivity index is 1.77. The van der Waals surface area contributed by atoms with Crippen LogP contribution in [0.5, 0.6) is 0 Å². The Morgan fingerprint density at radius 1 is 0.680 bits per heavy atom. The zero-order valence-corrected chi connectivity index (χ0v) is 13.5. The Morgan fingerprint density at radius 3 is 1.84 bits per heavy atom. The lowest BCUT2D eigenvalue weighted by Gasteiger charge is -2.09. The van der Waals surface area contributed by atoms with E-state index in [2.05, 4.69) is 29.4 Å². The van der Waals surface area contributed by atoms with E-state index in [1.807, 2.05) is 71.4 Å². The minimum absolute atomic E-state index is 0.422. The fourth-order valence-corrected chi connectivity index (χ4v) is 2.89. The maximum absolute atomic E-state index is 11.2. The van der Waals surface area contributed by atoms with E-state index >= 15 is 0 Å². The van der Waals surface area contributed by atoms with Crippen LogP contribution in [0.3, 0.4) is 0 Å². The molecule has 3 aromatic carbocycles. The van der Waals surface area contributed by atoms with E-state index in [0.29, 0.717) is 5.69 Å². The summed E-state index contributed by atoms with van der Waals surface area (Å²) in [4.78, 5) is 11.2. The van der Waals surface area contributed by atoms with Crippen LogP contribution in [0.4, 0.5) is 0 Å². The summed E-state index contributed by atoms with van der Waals surface area (Å²) in [7, 11) is 0. The second kappa shape index (κ2) is 6.57. The van der Waals surface area contributed by atoms with Crippen LogP contribution in [0.2, 0.25) is 0 Å². The van der Waals surface area contributed by atoms with Crippen molar-refractivity contribution in [2.75, 3.05) is 0 Å². The Bertz CT molecular complexity index is 987. The molecule has 0 saturated heterocycles. The van der Waals surface area contributed by atoms with Crippen LogP contribution in [-0.4, -0.2) is 16.1 Å². The van der Waals surface area contributed by atoms with E-state index in [4.69, 9.17) is 0 Å². The van der Waals surface area contributed by atoms with Gasteiger partial charge in [0, 0.05) is 5.56 Å². The van der Waals surface area contributed by atoms with Crippen LogP contribution >= 0.6 is 0 Å². The summed E-state index contributed by atoms with van der Waals surface area (Å²) in [5, 5.41) is 4.43. The van der Waals surface area contributed by atoms with Gasteiger partial charge >= 0.3 is 0 Å². The molecule has 3 heteroatoms. The highest BCUT2D eigenvalue weighted by Crippen LogP contribution is 2.25. The first-order valence-electron chi connectivity index (χ1n) is 8.12. The molecule has 0 fully saturated rings. The molecule has 1 aromatic heterocycles. The Hall–Kier alpha value is -3.46.